The van der Waals surface area contributed by atoms with Crippen molar-refractivity contribution in [2.75, 3.05) is 12.0 Å². The van der Waals surface area contributed by atoms with Crippen molar-refractivity contribution in [2.45, 2.75) is 44.1 Å². The Kier molecular flexibility index (Phi) is 4.23. The van der Waals surface area contributed by atoms with Crippen LogP contribution in [0.3, 0.4) is 0 Å². The Morgan fingerprint density at radius 1 is 1.44 bits per heavy atom. The van der Waals surface area contributed by atoms with E-state index in [2.05, 4.69) is 0 Å². The average Bonchev–Trinajstić information content (AvgIpc) is 2.84. The second-order valence-electron chi connectivity index (χ2n) is 4.53. The molecule has 1 aliphatic carbocycles. The van der Waals surface area contributed by atoms with Crippen LogP contribution in [0.1, 0.15) is 26.7 Å². The van der Waals surface area contributed by atoms with E-state index in [9.17, 15) is 13.2 Å². The van der Waals surface area contributed by atoms with E-state index in [-0.39, 0.29) is 23.7 Å². The van der Waals surface area contributed by atoms with E-state index < -0.39 is 15.2 Å². The monoisotopic (exact) mass is 267 g/mol. The van der Waals surface area contributed by atoms with Crippen molar-refractivity contribution in [3.8, 4) is 0 Å². The Morgan fingerprint density at radius 2 is 1.94 bits per heavy atom. The van der Waals surface area contributed by atoms with E-state index in [1.807, 2.05) is 0 Å². The molecule has 1 fully saturated rings. The first-order chi connectivity index (χ1) is 7.22. The Labute approximate surface area is 102 Å². The lowest BCUT2D eigenvalue weighted by molar-refractivity contribution is -0.132. The fraction of sp³-hybridized carbons (Fsp3) is 0.900. The van der Waals surface area contributed by atoms with Gasteiger partial charge in [-0.05, 0) is 26.7 Å². The maximum atomic E-state index is 11.9. The van der Waals surface area contributed by atoms with Crippen LogP contribution in [0.25, 0.3) is 0 Å². The van der Waals surface area contributed by atoms with Crippen LogP contribution in [0.4, 0.5) is 0 Å². The predicted octanol–water partition coefficient (Wildman–Crippen LogP) is 1.04. The minimum Gasteiger partial charge on any atom is -0.335 e. The number of nitrogens with zero attached hydrogens (tertiary/aromatic N) is 1. The molecule has 0 spiro atoms. The van der Waals surface area contributed by atoms with Crippen LogP contribution < -0.4 is 0 Å². The molecule has 4 nitrogen and oxygen atoms in total. The highest BCUT2D eigenvalue weighted by Crippen LogP contribution is 2.30. The zero-order valence-electron chi connectivity index (χ0n) is 9.81. The summed E-state index contributed by atoms with van der Waals surface area (Å²) in [5.41, 5.74) is 0. The number of sulfone groups is 1. The lowest BCUT2D eigenvalue weighted by Crippen LogP contribution is -2.46. The lowest BCUT2D eigenvalue weighted by Gasteiger charge is -2.29. The summed E-state index contributed by atoms with van der Waals surface area (Å²) in [4.78, 5) is 13.5. The summed E-state index contributed by atoms with van der Waals surface area (Å²) in [6.07, 6.45) is 3.08. The Bertz CT molecular complexity index is 362. The maximum Gasteiger partial charge on any atom is 0.240 e. The number of hydrogen-bond donors (Lipinski definition) is 0. The largest absolute Gasteiger partial charge is 0.335 e. The van der Waals surface area contributed by atoms with Gasteiger partial charge in [0.15, 0.2) is 0 Å². The average molecular weight is 268 g/mol. The third-order valence-corrected chi connectivity index (χ3v) is 3.83. The van der Waals surface area contributed by atoms with E-state index in [1.165, 1.54) is 6.26 Å². The Morgan fingerprint density at radius 3 is 2.25 bits per heavy atom. The normalized spacial score (nSPS) is 20.2. The lowest BCUT2D eigenvalue weighted by atomic mass is 10.2. The molecule has 0 aromatic heterocycles. The summed E-state index contributed by atoms with van der Waals surface area (Å²) >= 11 is 5.77. The molecule has 1 amide bonds. The summed E-state index contributed by atoms with van der Waals surface area (Å²) in [5.74, 6) is -0.168. The molecule has 1 saturated carbocycles. The Hall–Kier alpha value is -0.290. The van der Waals surface area contributed by atoms with Crippen LogP contribution in [-0.2, 0) is 14.6 Å². The molecule has 0 radical (unpaired) electrons. The summed E-state index contributed by atoms with van der Waals surface area (Å²) in [7, 11) is -3.07. The quantitative estimate of drug-likeness (QED) is 0.700. The molecule has 6 heteroatoms. The van der Waals surface area contributed by atoms with Crippen LogP contribution in [0.15, 0.2) is 0 Å². The highest BCUT2D eigenvalue weighted by atomic mass is 35.5. The number of alkyl halides is 1. The molecule has 0 N–H and O–H groups in total. The van der Waals surface area contributed by atoms with Crippen molar-refractivity contribution >= 4 is 27.3 Å². The van der Waals surface area contributed by atoms with Crippen molar-refractivity contribution < 1.29 is 13.2 Å². The van der Waals surface area contributed by atoms with Gasteiger partial charge in [-0.15, -0.1) is 11.6 Å². The van der Waals surface area contributed by atoms with Crippen molar-refractivity contribution in [1.82, 2.24) is 4.90 Å². The van der Waals surface area contributed by atoms with Crippen LogP contribution in [0.5, 0.6) is 0 Å². The van der Waals surface area contributed by atoms with Crippen LogP contribution >= 0.6 is 11.6 Å². The van der Waals surface area contributed by atoms with Crippen LogP contribution in [0, 0.1) is 0 Å². The molecule has 1 aliphatic rings. The molecule has 94 valence electrons. The van der Waals surface area contributed by atoms with Crippen molar-refractivity contribution in [1.29, 1.82) is 0 Å². The van der Waals surface area contributed by atoms with Crippen LogP contribution in [-0.4, -0.2) is 48.7 Å². The summed E-state index contributed by atoms with van der Waals surface area (Å²) in [6, 6.07) is -0.110. The third kappa shape index (κ3) is 3.94. The van der Waals surface area contributed by atoms with Gasteiger partial charge in [0.2, 0.25) is 5.91 Å². The first-order valence-electron chi connectivity index (χ1n) is 5.36. The predicted molar refractivity (Wildman–Crippen MR) is 64.4 cm³/mol. The van der Waals surface area contributed by atoms with Gasteiger partial charge in [-0.1, -0.05) is 0 Å². The number of halogens is 1. The van der Waals surface area contributed by atoms with Gasteiger partial charge >= 0.3 is 0 Å². The zero-order valence-corrected chi connectivity index (χ0v) is 11.4. The molecule has 0 bridgehead atoms. The molecule has 0 aliphatic heterocycles. The topological polar surface area (TPSA) is 54.5 Å². The fourth-order valence-corrected chi connectivity index (χ4v) is 2.98. The molecule has 0 aromatic carbocycles. The molecule has 0 heterocycles. The van der Waals surface area contributed by atoms with Gasteiger partial charge in [-0.2, -0.15) is 0 Å². The minimum absolute atomic E-state index is 0.00114. The van der Waals surface area contributed by atoms with Gasteiger partial charge < -0.3 is 4.90 Å². The fourth-order valence-electron chi connectivity index (χ4n) is 1.83. The summed E-state index contributed by atoms with van der Waals surface area (Å²) < 4.78 is 22.4. The molecular formula is C10H18ClNO3S. The molecule has 2 unspecified atom stereocenters. The number of rotatable bonds is 5. The molecule has 2 atom stereocenters. The van der Waals surface area contributed by atoms with E-state index in [4.69, 9.17) is 11.6 Å². The SMILES string of the molecule is CC(Cl)C(=O)N(C(C)CS(C)(=O)=O)C1CC1. The van der Waals surface area contributed by atoms with Crippen molar-refractivity contribution in [2.24, 2.45) is 0 Å². The van der Waals surface area contributed by atoms with Gasteiger partial charge in [0.05, 0.1) is 5.75 Å². The van der Waals surface area contributed by atoms with Crippen LogP contribution in [0.2, 0.25) is 0 Å². The number of amides is 1. The summed E-state index contributed by atoms with van der Waals surface area (Å²) in [5, 5.41) is -0.595. The molecule has 16 heavy (non-hydrogen) atoms. The highest BCUT2D eigenvalue weighted by molar-refractivity contribution is 7.90. The second-order valence-corrected chi connectivity index (χ2v) is 7.37. The van der Waals surface area contributed by atoms with E-state index >= 15 is 0 Å². The van der Waals surface area contributed by atoms with Gasteiger partial charge in [-0.25, -0.2) is 8.42 Å². The van der Waals surface area contributed by atoms with Gasteiger partial charge in [0, 0.05) is 18.3 Å². The Balaban J connectivity index is 2.74. The first kappa shape index (κ1) is 13.8. The smallest absolute Gasteiger partial charge is 0.240 e. The first-order valence-corrected chi connectivity index (χ1v) is 7.86. The number of hydrogen-bond acceptors (Lipinski definition) is 3. The highest BCUT2D eigenvalue weighted by Gasteiger charge is 2.37. The van der Waals surface area contributed by atoms with Gasteiger partial charge in [0.25, 0.3) is 0 Å². The summed E-state index contributed by atoms with van der Waals surface area (Å²) in [6.45, 7) is 3.38. The second kappa shape index (κ2) is 4.92. The van der Waals surface area contributed by atoms with E-state index in [0.29, 0.717) is 0 Å². The maximum absolute atomic E-state index is 11.9. The standard InChI is InChI=1S/C10H18ClNO3S/c1-7(6-16(3,14)15)12(9-4-5-9)10(13)8(2)11/h7-9H,4-6H2,1-3H3. The van der Waals surface area contributed by atoms with E-state index in [1.54, 1.807) is 18.7 Å². The van der Waals surface area contributed by atoms with Gasteiger partial charge in [-0.3, -0.25) is 4.79 Å². The van der Waals surface area contributed by atoms with E-state index in [0.717, 1.165) is 12.8 Å². The zero-order chi connectivity index (χ0) is 12.5. The molecule has 0 saturated heterocycles. The molecule has 1 rings (SSSR count). The van der Waals surface area contributed by atoms with Gasteiger partial charge in [0.1, 0.15) is 15.2 Å². The van der Waals surface area contributed by atoms with Crippen molar-refractivity contribution in [3.63, 3.8) is 0 Å². The minimum atomic E-state index is -3.07. The third-order valence-electron chi connectivity index (χ3n) is 2.55. The number of carbonyl (C=O) groups is 1. The van der Waals surface area contributed by atoms with Crippen molar-refractivity contribution in [3.05, 3.63) is 0 Å². The number of carbonyl (C=O) groups excluding carboxylic acids is 1. The molecule has 0 aromatic rings. The molecular weight excluding hydrogens is 250 g/mol.